The third-order valence-corrected chi connectivity index (χ3v) is 8.47. The van der Waals surface area contributed by atoms with Crippen molar-refractivity contribution < 1.29 is 31.1 Å². The number of ether oxygens (including phenoxy) is 1. The molecule has 2 heterocycles. The first-order chi connectivity index (χ1) is 21.9. The standard InChI is InChI=1S/C32H37F6N7O/c1-20-4-3-5-24-14-25(29(39-28(20)24)43(16-21-6-7-21)17-22-8-9-22)19-44(30-40-42-45(41-30)10-11-46-2)18-23-12-26(31(33,34)35)15-27(13-23)32(36,37)38/h3-5,12-15,21-22,42H,6-11,16-19H2,1-2H3,(H,40,41). The van der Waals surface area contributed by atoms with Gasteiger partial charge in [-0.2, -0.15) is 26.3 Å². The van der Waals surface area contributed by atoms with E-state index in [1.165, 1.54) is 5.12 Å². The highest BCUT2D eigenvalue weighted by Crippen LogP contribution is 2.39. The van der Waals surface area contributed by atoms with Gasteiger partial charge in [-0.25, -0.2) is 10.5 Å². The molecule has 2 fully saturated rings. The second-order valence-corrected chi connectivity index (χ2v) is 12.5. The molecule has 1 aromatic heterocycles. The van der Waals surface area contributed by atoms with Crippen LogP contribution < -0.4 is 15.9 Å². The molecule has 0 radical (unpaired) electrons. The zero-order valence-electron chi connectivity index (χ0n) is 25.7. The number of alkyl halides is 6. The van der Waals surface area contributed by atoms with Crippen LogP contribution in [0.3, 0.4) is 0 Å². The van der Waals surface area contributed by atoms with E-state index >= 15 is 0 Å². The number of guanidine groups is 1. The van der Waals surface area contributed by atoms with E-state index in [1.54, 1.807) is 12.0 Å². The van der Waals surface area contributed by atoms with Gasteiger partial charge in [0.05, 0.1) is 29.8 Å². The van der Waals surface area contributed by atoms with Crippen LogP contribution in [-0.4, -0.2) is 54.3 Å². The van der Waals surface area contributed by atoms with Crippen molar-refractivity contribution in [1.29, 1.82) is 0 Å². The van der Waals surface area contributed by atoms with Crippen LogP contribution in [0.2, 0.25) is 0 Å². The first-order valence-electron chi connectivity index (χ1n) is 15.4. The number of benzene rings is 2. The van der Waals surface area contributed by atoms with Crippen LogP contribution in [0, 0.1) is 18.8 Å². The molecule has 3 aliphatic rings. The lowest BCUT2D eigenvalue weighted by Crippen LogP contribution is -2.48. The minimum absolute atomic E-state index is 0.126. The van der Waals surface area contributed by atoms with Crippen LogP contribution in [0.25, 0.3) is 10.9 Å². The van der Waals surface area contributed by atoms with Crippen molar-refractivity contribution in [2.45, 2.75) is 58.0 Å². The van der Waals surface area contributed by atoms with E-state index in [0.717, 1.165) is 78.8 Å². The first kappa shape index (κ1) is 32.2. The Hall–Kier alpha value is -3.78. The maximum absolute atomic E-state index is 13.8. The number of nitrogens with zero attached hydrogens (tertiary/aromatic N) is 5. The number of pyridine rings is 1. The summed E-state index contributed by atoms with van der Waals surface area (Å²) in [4.78, 5) is 9.14. The summed E-state index contributed by atoms with van der Waals surface area (Å²) in [5.74, 6) is 2.17. The predicted octanol–water partition coefficient (Wildman–Crippen LogP) is 6.45. The molecule has 2 N–H and O–H groups in total. The summed E-state index contributed by atoms with van der Waals surface area (Å²) in [7, 11) is 1.54. The van der Waals surface area contributed by atoms with Crippen molar-refractivity contribution in [3.05, 3.63) is 70.3 Å². The van der Waals surface area contributed by atoms with Crippen LogP contribution in [0.15, 0.2) is 47.6 Å². The second-order valence-electron chi connectivity index (χ2n) is 12.5. The molecule has 2 aliphatic carbocycles. The van der Waals surface area contributed by atoms with Gasteiger partial charge >= 0.3 is 12.4 Å². The van der Waals surface area contributed by atoms with Gasteiger partial charge in [-0.3, -0.25) is 5.43 Å². The number of hydrogen-bond acceptors (Lipinski definition) is 8. The average molecular weight is 650 g/mol. The lowest BCUT2D eigenvalue weighted by atomic mass is 10.0. The molecule has 14 heteroatoms. The monoisotopic (exact) mass is 649 g/mol. The number of aromatic nitrogens is 1. The fourth-order valence-corrected chi connectivity index (χ4v) is 5.69. The molecule has 3 aromatic rings. The van der Waals surface area contributed by atoms with Crippen molar-refractivity contribution >= 4 is 22.7 Å². The number of rotatable bonds is 12. The van der Waals surface area contributed by atoms with Gasteiger partial charge in [0.2, 0.25) is 5.96 Å². The fourth-order valence-electron chi connectivity index (χ4n) is 5.69. The summed E-state index contributed by atoms with van der Waals surface area (Å²) >= 11 is 0. The third kappa shape index (κ3) is 7.77. The molecule has 8 nitrogen and oxygen atoms in total. The summed E-state index contributed by atoms with van der Waals surface area (Å²) in [6, 6.07) is 9.61. The van der Waals surface area contributed by atoms with Crippen molar-refractivity contribution in [1.82, 2.24) is 26.0 Å². The largest absolute Gasteiger partial charge is 0.416 e. The number of para-hydroxylation sites is 1. The lowest BCUT2D eigenvalue weighted by Gasteiger charge is -2.30. The molecule has 1 aliphatic heterocycles. The molecule has 46 heavy (non-hydrogen) atoms. The van der Waals surface area contributed by atoms with Gasteiger partial charge in [-0.15, -0.1) is 10.2 Å². The van der Waals surface area contributed by atoms with Gasteiger partial charge in [0, 0.05) is 44.2 Å². The predicted molar refractivity (Wildman–Crippen MR) is 162 cm³/mol. The highest BCUT2D eigenvalue weighted by Gasteiger charge is 2.38. The topological polar surface area (TPSA) is 68.3 Å². The maximum Gasteiger partial charge on any atom is 0.416 e. The van der Waals surface area contributed by atoms with Gasteiger partial charge in [-0.05, 0) is 79.8 Å². The summed E-state index contributed by atoms with van der Waals surface area (Å²) < 4.78 is 87.8. The summed E-state index contributed by atoms with van der Waals surface area (Å²) in [6.45, 7) is 4.26. The Kier molecular flexibility index (Phi) is 8.94. The van der Waals surface area contributed by atoms with Gasteiger partial charge in [-0.1, -0.05) is 18.2 Å². The Balaban J connectivity index is 1.41. The van der Waals surface area contributed by atoms with Crippen molar-refractivity contribution in [2.24, 2.45) is 16.9 Å². The molecule has 0 bridgehead atoms. The Bertz CT molecular complexity index is 1540. The highest BCUT2D eigenvalue weighted by molar-refractivity contribution is 5.85. The SMILES string of the molecule is COCCN1NN=C(N(Cc2cc(C(F)(F)F)cc(C(F)(F)F)c2)Cc2cc3cccc(C)c3nc2N(CC2CC2)CC2CC2)N1. The minimum Gasteiger partial charge on any atom is -0.383 e. The summed E-state index contributed by atoms with van der Waals surface area (Å²) in [5.41, 5.74) is 5.70. The van der Waals surface area contributed by atoms with Crippen molar-refractivity contribution in [3.8, 4) is 0 Å². The van der Waals surface area contributed by atoms with Gasteiger partial charge in [0.25, 0.3) is 0 Å². The molecule has 0 unspecified atom stereocenters. The van der Waals surface area contributed by atoms with E-state index in [-0.39, 0.29) is 30.7 Å². The number of nitrogens with one attached hydrogen (secondary N) is 2. The van der Waals surface area contributed by atoms with Gasteiger partial charge in [0.1, 0.15) is 5.82 Å². The van der Waals surface area contributed by atoms with E-state index in [0.29, 0.717) is 25.0 Å². The minimum atomic E-state index is -4.96. The first-order valence-corrected chi connectivity index (χ1v) is 15.4. The smallest absolute Gasteiger partial charge is 0.383 e. The van der Waals surface area contributed by atoms with Gasteiger partial charge in [0.15, 0.2) is 0 Å². The third-order valence-electron chi connectivity index (χ3n) is 8.47. The van der Waals surface area contributed by atoms with E-state index in [4.69, 9.17) is 9.72 Å². The van der Waals surface area contributed by atoms with E-state index < -0.39 is 23.5 Å². The molecule has 0 spiro atoms. The van der Waals surface area contributed by atoms with Crippen molar-refractivity contribution in [3.63, 3.8) is 0 Å². The van der Waals surface area contributed by atoms with Crippen LogP contribution in [0.5, 0.6) is 0 Å². The van der Waals surface area contributed by atoms with Crippen molar-refractivity contribution in [2.75, 3.05) is 38.3 Å². The number of aryl methyl sites for hydroxylation is 1. The number of hydrazine groups is 2. The zero-order valence-corrected chi connectivity index (χ0v) is 25.7. The molecule has 2 saturated carbocycles. The quantitative estimate of drug-likeness (QED) is 0.219. The number of fused-ring (bicyclic) bond motifs is 1. The molecule has 0 saturated heterocycles. The van der Waals surface area contributed by atoms with E-state index in [2.05, 4.69) is 21.0 Å². The Morgan fingerprint density at radius 2 is 1.54 bits per heavy atom. The molecular formula is C32H37F6N7O. The number of halogens is 6. The van der Waals surface area contributed by atoms with Crippen LogP contribution in [-0.2, 0) is 30.2 Å². The maximum atomic E-state index is 13.8. The molecule has 0 amide bonds. The molecule has 2 aromatic carbocycles. The normalized spacial score (nSPS) is 17.2. The summed E-state index contributed by atoms with van der Waals surface area (Å²) in [5, 5.41) is 6.78. The number of anilines is 1. The molecular weight excluding hydrogens is 612 g/mol. The van der Waals surface area contributed by atoms with E-state index in [9.17, 15) is 26.3 Å². The van der Waals surface area contributed by atoms with Crippen LogP contribution in [0.4, 0.5) is 32.2 Å². The van der Waals surface area contributed by atoms with E-state index in [1.807, 2.05) is 31.2 Å². The number of hydrazone groups is 1. The number of hydrogen-bond donors (Lipinski definition) is 2. The molecule has 6 rings (SSSR count). The Morgan fingerprint density at radius 1 is 0.891 bits per heavy atom. The Morgan fingerprint density at radius 3 is 2.13 bits per heavy atom. The number of methoxy groups -OCH3 is 1. The Labute approximate surface area is 263 Å². The van der Waals surface area contributed by atoms with Crippen LogP contribution in [0.1, 0.15) is 53.5 Å². The molecule has 248 valence electrons. The lowest BCUT2D eigenvalue weighted by molar-refractivity contribution is -0.143. The summed E-state index contributed by atoms with van der Waals surface area (Å²) in [6.07, 6.45) is -5.32. The van der Waals surface area contributed by atoms with Gasteiger partial charge < -0.3 is 14.5 Å². The fraction of sp³-hybridized carbons (Fsp3) is 0.500. The molecule has 0 atom stereocenters. The zero-order chi connectivity index (χ0) is 32.6. The van der Waals surface area contributed by atoms with Crippen LogP contribution >= 0.6 is 0 Å². The average Bonchev–Trinajstić information content (AvgIpc) is 3.94. The second kappa shape index (κ2) is 12.8. The highest BCUT2D eigenvalue weighted by atomic mass is 19.4.